The minimum absolute atomic E-state index is 0.167. The summed E-state index contributed by atoms with van der Waals surface area (Å²) in [5.74, 6) is -0.767. The van der Waals surface area contributed by atoms with Crippen molar-refractivity contribution in [1.82, 2.24) is 10.2 Å². The molecule has 0 aliphatic carbocycles. The van der Waals surface area contributed by atoms with Gasteiger partial charge in [0.1, 0.15) is 5.54 Å². The minimum Gasteiger partial charge on any atom is -0.480 e. The van der Waals surface area contributed by atoms with Crippen molar-refractivity contribution < 1.29 is 14.6 Å². The monoisotopic (exact) mass is 302 g/mol. The van der Waals surface area contributed by atoms with E-state index in [0.717, 1.165) is 32.5 Å². The second-order valence-electron chi connectivity index (χ2n) is 6.52. The first-order chi connectivity index (χ1) is 9.73. The van der Waals surface area contributed by atoms with Gasteiger partial charge >= 0.3 is 5.97 Å². The van der Waals surface area contributed by atoms with E-state index in [-0.39, 0.29) is 6.04 Å². The lowest BCUT2D eigenvalue weighted by molar-refractivity contribution is -0.144. The largest absolute Gasteiger partial charge is 0.480 e. The maximum absolute atomic E-state index is 11.4. The highest BCUT2D eigenvalue weighted by Crippen LogP contribution is 2.16. The van der Waals surface area contributed by atoms with Crippen LogP contribution >= 0.6 is 0 Å². The first-order valence-electron chi connectivity index (χ1n) is 7.97. The molecular weight excluding hydrogens is 268 g/mol. The summed E-state index contributed by atoms with van der Waals surface area (Å²) in [6.45, 7) is 12.7. The van der Waals surface area contributed by atoms with Crippen LogP contribution in [-0.4, -0.2) is 60.4 Å². The second-order valence-corrected chi connectivity index (χ2v) is 6.52. The Labute approximate surface area is 130 Å². The number of hydrogen-bond acceptors (Lipinski definition) is 4. The molecule has 0 saturated heterocycles. The Morgan fingerprint density at radius 3 is 2.29 bits per heavy atom. The van der Waals surface area contributed by atoms with Crippen molar-refractivity contribution in [2.45, 2.75) is 71.5 Å². The summed E-state index contributed by atoms with van der Waals surface area (Å²) in [7, 11) is 1.72. The molecule has 5 nitrogen and oxygen atoms in total. The van der Waals surface area contributed by atoms with Crippen molar-refractivity contribution in [3.05, 3.63) is 0 Å². The number of hydrogen-bond donors (Lipinski definition) is 2. The van der Waals surface area contributed by atoms with E-state index in [2.05, 4.69) is 24.1 Å². The van der Waals surface area contributed by atoms with Gasteiger partial charge in [0.2, 0.25) is 0 Å². The maximum Gasteiger partial charge on any atom is 0.323 e. The predicted molar refractivity (Wildman–Crippen MR) is 86.7 cm³/mol. The molecule has 0 spiro atoms. The predicted octanol–water partition coefficient (Wildman–Crippen LogP) is 2.35. The smallest absolute Gasteiger partial charge is 0.323 e. The molecular formula is C16H34N2O3. The Balaban J connectivity index is 4.22. The number of aliphatic carboxylic acids is 1. The fourth-order valence-corrected chi connectivity index (χ4v) is 2.51. The first-order valence-corrected chi connectivity index (χ1v) is 7.97. The number of carbonyl (C=O) groups is 1. The molecule has 0 bridgehead atoms. The van der Waals surface area contributed by atoms with Crippen LogP contribution in [0.25, 0.3) is 0 Å². The fraction of sp³-hybridized carbons (Fsp3) is 0.938. The van der Waals surface area contributed by atoms with E-state index >= 15 is 0 Å². The Morgan fingerprint density at radius 2 is 1.86 bits per heavy atom. The average Bonchev–Trinajstić information content (AvgIpc) is 2.36. The molecule has 0 amide bonds. The number of nitrogens with one attached hydrogen (secondary N) is 1. The van der Waals surface area contributed by atoms with E-state index in [0.29, 0.717) is 12.5 Å². The molecule has 0 aromatic heterocycles. The van der Waals surface area contributed by atoms with Gasteiger partial charge in [-0.25, -0.2) is 0 Å². The molecule has 126 valence electrons. The number of rotatable bonds is 12. The normalized spacial score (nSPS) is 14.9. The summed E-state index contributed by atoms with van der Waals surface area (Å²) in [4.78, 5) is 13.8. The van der Waals surface area contributed by atoms with E-state index < -0.39 is 11.5 Å². The van der Waals surface area contributed by atoms with Crippen LogP contribution in [0.2, 0.25) is 0 Å². The summed E-state index contributed by atoms with van der Waals surface area (Å²) in [5, 5.41) is 12.6. The summed E-state index contributed by atoms with van der Waals surface area (Å²) in [6, 6.07) is 0.653. The van der Waals surface area contributed by atoms with Crippen LogP contribution in [0.3, 0.4) is 0 Å². The lowest BCUT2D eigenvalue weighted by atomic mass is 9.94. The third-order valence-corrected chi connectivity index (χ3v) is 3.76. The third-order valence-electron chi connectivity index (χ3n) is 3.76. The number of ether oxygens (including phenoxy) is 1. The van der Waals surface area contributed by atoms with Crippen molar-refractivity contribution in [2.24, 2.45) is 0 Å². The third kappa shape index (κ3) is 8.39. The number of methoxy groups -OCH3 is 1. The molecule has 0 aliphatic rings. The van der Waals surface area contributed by atoms with Gasteiger partial charge in [0.15, 0.2) is 0 Å². The first kappa shape index (κ1) is 20.3. The molecule has 0 heterocycles. The Bertz CT molecular complexity index is 295. The van der Waals surface area contributed by atoms with Crippen LogP contribution in [0.4, 0.5) is 0 Å². The van der Waals surface area contributed by atoms with Crippen LogP contribution in [0.1, 0.15) is 53.9 Å². The van der Waals surface area contributed by atoms with Gasteiger partial charge in [-0.05, 0) is 60.4 Å². The van der Waals surface area contributed by atoms with Crippen molar-refractivity contribution in [3.8, 4) is 0 Å². The van der Waals surface area contributed by atoms with Crippen LogP contribution in [-0.2, 0) is 9.53 Å². The molecule has 0 radical (unpaired) electrons. The second kappa shape index (κ2) is 10.1. The van der Waals surface area contributed by atoms with Gasteiger partial charge in [0, 0.05) is 25.7 Å². The summed E-state index contributed by atoms with van der Waals surface area (Å²) in [6.07, 6.45) is 2.56. The van der Waals surface area contributed by atoms with Gasteiger partial charge in [-0.15, -0.1) is 0 Å². The molecule has 0 aliphatic heterocycles. The van der Waals surface area contributed by atoms with Crippen LogP contribution in [0, 0.1) is 0 Å². The number of carboxylic acid groups (broad SMARTS) is 1. The molecule has 5 heteroatoms. The zero-order chi connectivity index (χ0) is 16.5. The molecule has 2 N–H and O–H groups in total. The zero-order valence-corrected chi connectivity index (χ0v) is 14.6. The van der Waals surface area contributed by atoms with Crippen molar-refractivity contribution in [2.75, 3.05) is 26.8 Å². The molecule has 0 saturated carbocycles. The van der Waals surface area contributed by atoms with Gasteiger partial charge in [-0.2, -0.15) is 0 Å². The Morgan fingerprint density at radius 1 is 1.24 bits per heavy atom. The van der Waals surface area contributed by atoms with E-state index in [4.69, 9.17) is 4.74 Å². The van der Waals surface area contributed by atoms with E-state index in [1.165, 1.54) is 0 Å². The SMILES string of the molecule is COCCN(CCCCC(C)(NC(C)C)C(=O)O)C(C)C. The van der Waals surface area contributed by atoms with Gasteiger partial charge in [0.25, 0.3) is 0 Å². The van der Waals surface area contributed by atoms with Crippen LogP contribution in [0.15, 0.2) is 0 Å². The standard InChI is InChI=1S/C16H34N2O3/c1-13(2)17-16(5,15(19)20)9-7-8-10-18(14(3)4)11-12-21-6/h13-14,17H,7-12H2,1-6H3,(H,19,20). The van der Waals surface area contributed by atoms with Crippen molar-refractivity contribution in [3.63, 3.8) is 0 Å². The quantitative estimate of drug-likeness (QED) is 0.542. The fourth-order valence-electron chi connectivity index (χ4n) is 2.51. The molecule has 0 aromatic rings. The van der Waals surface area contributed by atoms with Gasteiger partial charge in [0.05, 0.1) is 6.61 Å². The highest BCUT2D eigenvalue weighted by molar-refractivity contribution is 5.78. The summed E-state index contributed by atoms with van der Waals surface area (Å²) < 4.78 is 5.13. The topological polar surface area (TPSA) is 61.8 Å². The van der Waals surface area contributed by atoms with Crippen molar-refractivity contribution in [1.29, 1.82) is 0 Å². The van der Waals surface area contributed by atoms with Gasteiger partial charge < -0.3 is 9.84 Å². The zero-order valence-electron chi connectivity index (χ0n) is 14.6. The molecule has 21 heavy (non-hydrogen) atoms. The molecule has 0 fully saturated rings. The van der Waals surface area contributed by atoms with Crippen molar-refractivity contribution >= 4 is 5.97 Å². The lowest BCUT2D eigenvalue weighted by Gasteiger charge is -2.30. The highest BCUT2D eigenvalue weighted by Gasteiger charge is 2.32. The summed E-state index contributed by atoms with van der Waals surface area (Å²) in [5.41, 5.74) is -0.830. The molecule has 1 atom stereocenters. The number of unbranched alkanes of at least 4 members (excludes halogenated alkanes) is 1. The Hall–Kier alpha value is -0.650. The van der Waals surface area contributed by atoms with Gasteiger partial charge in [-0.3, -0.25) is 15.0 Å². The maximum atomic E-state index is 11.4. The van der Waals surface area contributed by atoms with Crippen LogP contribution < -0.4 is 5.32 Å². The minimum atomic E-state index is -0.830. The average molecular weight is 302 g/mol. The lowest BCUT2D eigenvalue weighted by Crippen LogP contribution is -2.52. The van der Waals surface area contributed by atoms with Gasteiger partial charge in [-0.1, -0.05) is 0 Å². The molecule has 0 aromatic carbocycles. The Kier molecular flexibility index (Phi) is 9.83. The highest BCUT2D eigenvalue weighted by atomic mass is 16.5. The van der Waals surface area contributed by atoms with E-state index in [9.17, 15) is 9.90 Å². The molecule has 1 unspecified atom stereocenters. The van der Waals surface area contributed by atoms with Crippen LogP contribution in [0.5, 0.6) is 0 Å². The number of nitrogens with zero attached hydrogens (tertiary/aromatic N) is 1. The molecule has 0 rings (SSSR count). The van der Waals surface area contributed by atoms with E-state index in [1.807, 2.05) is 13.8 Å². The summed E-state index contributed by atoms with van der Waals surface area (Å²) >= 11 is 0. The number of carboxylic acids is 1. The van der Waals surface area contributed by atoms with E-state index in [1.54, 1.807) is 14.0 Å².